The maximum absolute atomic E-state index is 12.9. The number of nitrogens with one attached hydrogen (secondary N) is 2. The van der Waals surface area contributed by atoms with Crippen molar-refractivity contribution in [2.75, 3.05) is 6.54 Å². The lowest BCUT2D eigenvalue weighted by molar-refractivity contribution is -0.137. The van der Waals surface area contributed by atoms with Crippen LogP contribution in [0.1, 0.15) is 65.7 Å². The number of nitrogens with zero attached hydrogens (tertiary/aromatic N) is 1. The summed E-state index contributed by atoms with van der Waals surface area (Å²) in [7, 11) is 0. The topological polar surface area (TPSA) is 78.5 Å². The molecular formula is C19H31N3O3. The van der Waals surface area contributed by atoms with E-state index >= 15 is 0 Å². The number of carbonyl (C=O) groups excluding carboxylic acids is 3. The Bertz CT molecular complexity index is 564. The fourth-order valence-electron chi connectivity index (χ4n) is 4.82. The Hall–Kier alpha value is -1.59. The van der Waals surface area contributed by atoms with Gasteiger partial charge in [-0.15, -0.1) is 0 Å². The van der Waals surface area contributed by atoms with Crippen molar-refractivity contribution in [2.45, 2.75) is 77.3 Å². The van der Waals surface area contributed by atoms with Gasteiger partial charge in [-0.1, -0.05) is 46.5 Å². The van der Waals surface area contributed by atoms with Gasteiger partial charge >= 0.3 is 6.03 Å². The number of hydrogen-bond donors (Lipinski definition) is 2. The summed E-state index contributed by atoms with van der Waals surface area (Å²) >= 11 is 0. The molecule has 5 atom stereocenters. The Labute approximate surface area is 150 Å². The molecule has 0 radical (unpaired) electrons. The van der Waals surface area contributed by atoms with Crippen LogP contribution in [0.3, 0.4) is 0 Å². The Morgan fingerprint density at radius 3 is 2.64 bits per heavy atom. The van der Waals surface area contributed by atoms with E-state index in [1.54, 1.807) is 0 Å². The van der Waals surface area contributed by atoms with Crippen molar-refractivity contribution < 1.29 is 14.4 Å². The van der Waals surface area contributed by atoms with E-state index in [1.807, 2.05) is 6.92 Å². The van der Waals surface area contributed by atoms with Gasteiger partial charge in [0.2, 0.25) is 5.91 Å². The Balaban J connectivity index is 1.63. The van der Waals surface area contributed by atoms with Crippen molar-refractivity contribution in [3.8, 4) is 0 Å². The molecule has 6 nitrogen and oxygen atoms in total. The normalized spacial score (nSPS) is 38.8. The largest absolute Gasteiger partial charge is 0.352 e. The van der Waals surface area contributed by atoms with Crippen LogP contribution in [0.5, 0.6) is 0 Å². The maximum atomic E-state index is 12.9. The molecule has 4 amide bonds. The van der Waals surface area contributed by atoms with E-state index in [0.717, 1.165) is 37.0 Å². The molecule has 1 heterocycles. The van der Waals surface area contributed by atoms with Crippen LogP contribution in [0.4, 0.5) is 4.79 Å². The molecule has 0 aromatic heterocycles. The second-order valence-electron chi connectivity index (χ2n) is 8.38. The molecule has 1 saturated heterocycles. The highest BCUT2D eigenvalue weighted by atomic mass is 16.2. The van der Waals surface area contributed by atoms with E-state index in [1.165, 1.54) is 6.42 Å². The van der Waals surface area contributed by atoms with Gasteiger partial charge in [-0.3, -0.25) is 14.5 Å². The Morgan fingerprint density at radius 1 is 1.16 bits per heavy atom. The lowest BCUT2D eigenvalue weighted by atomic mass is 9.73. The summed E-state index contributed by atoms with van der Waals surface area (Å²) in [4.78, 5) is 38.9. The van der Waals surface area contributed by atoms with Gasteiger partial charge in [-0.05, 0) is 37.0 Å². The Kier molecular flexibility index (Phi) is 5.07. The fraction of sp³-hybridized carbons (Fsp3) is 0.842. The molecule has 0 unspecified atom stereocenters. The van der Waals surface area contributed by atoms with Gasteiger partial charge in [-0.2, -0.15) is 0 Å². The van der Waals surface area contributed by atoms with Crippen LogP contribution in [0.15, 0.2) is 0 Å². The highest BCUT2D eigenvalue weighted by Crippen LogP contribution is 2.38. The minimum absolute atomic E-state index is 0.116. The second-order valence-corrected chi connectivity index (χ2v) is 8.38. The van der Waals surface area contributed by atoms with Crippen LogP contribution in [-0.2, 0) is 9.59 Å². The summed E-state index contributed by atoms with van der Waals surface area (Å²) in [6.07, 6.45) is 6.91. The number of amides is 4. The minimum Gasteiger partial charge on any atom is -0.352 e. The summed E-state index contributed by atoms with van der Waals surface area (Å²) in [6.45, 7) is 6.23. The standard InChI is InChI=1S/C19H31N3O3/c1-12-7-6-9-15(14(12)3)20-16(23)11-22-17(24)19(21-18(22)25)10-5-4-8-13(19)2/h12-15H,4-11H2,1-3H3,(H,20,23)(H,21,25)/t12-,13+,14-,15+,19+/m1/s1. The number of hydrogen-bond acceptors (Lipinski definition) is 3. The summed E-state index contributed by atoms with van der Waals surface area (Å²) in [5.74, 6) is 0.678. The predicted octanol–water partition coefficient (Wildman–Crippen LogP) is 2.43. The first kappa shape index (κ1) is 18.2. The van der Waals surface area contributed by atoms with Crippen LogP contribution in [0.25, 0.3) is 0 Å². The van der Waals surface area contributed by atoms with Gasteiger partial charge in [0.05, 0.1) is 0 Å². The lowest BCUT2D eigenvalue weighted by Crippen LogP contribution is -2.54. The van der Waals surface area contributed by atoms with Gasteiger partial charge in [0, 0.05) is 6.04 Å². The first-order valence-corrected chi connectivity index (χ1v) is 9.78. The smallest absolute Gasteiger partial charge is 0.325 e. The van der Waals surface area contributed by atoms with E-state index in [0.29, 0.717) is 18.3 Å². The number of imide groups is 1. The molecule has 0 aromatic carbocycles. The number of carbonyl (C=O) groups is 3. The molecule has 140 valence electrons. The van der Waals surface area contributed by atoms with Crippen LogP contribution in [0.2, 0.25) is 0 Å². The van der Waals surface area contributed by atoms with Crippen LogP contribution in [-0.4, -0.2) is 40.9 Å². The van der Waals surface area contributed by atoms with E-state index < -0.39 is 11.6 Å². The highest BCUT2D eigenvalue weighted by molar-refractivity contribution is 6.09. The maximum Gasteiger partial charge on any atom is 0.325 e. The van der Waals surface area contributed by atoms with E-state index in [2.05, 4.69) is 24.5 Å². The molecule has 6 heteroatoms. The summed E-state index contributed by atoms with van der Waals surface area (Å²) in [5, 5.41) is 5.96. The first-order chi connectivity index (χ1) is 11.8. The van der Waals surface area contributed by atoms with Gasteiger partial charge in [-0.25, -0.2) is 4.79 Å². The summed E-state index contributed by atoms with van der Waals surface area (Å²) in [6, 6.07) is -0.279. The fourth-order valence-corrected chi connectivity index (χ4v) is 4.82. The zero-order valence-corrected chi connectivity index (χ0v) is 15.6. The first-order valence-electron chi connectivity index (χ1n) is 9.78. The SMILES string of the molecule is C[C@@H]1[C@H](C)CCC[C@@H]1NC(=O)CN1C(=O)N[C@]2(CCCC[C@@H]2C)C1=O. The molecule has 2 saturated carbocycles. The number of rotatable bonds is 3. The minimum atomic E-state index is -0.789. The molecule has 0 aromatic rings. The lowest BCUT2D eigenvalue weighted by Gasteiger charge is -2.37. The monoisotopic (exact) mass is 349 g/mol. The van der Waals surface area contributed by atoms with Gasteiger partial charge in [0.15, 0.2) is 0 Å². The molecule has 3 aliphatic rings. The molecule has 3 rings (SSSR count). The molecule has 0 bridgehead atoms. The molecular weight excluding hydrogens is 318 g/mol. The second kappa shape index (κ2) is 6.96. The third-order valence-electron chi connectivity index (χ3n) is 6.86. The molecule has 2 aliphatic carbocycles. The number of urea groups is 1. The van der Waals surface area contributed by atoms with Crippen LogP contribution in [0, 0.1) is 17.8 Å². The molecule has 1 spiro atoms. The zero-order chi connectivity index (χ0) is 18.2. The quantitative estimate of drug-likeness (QED) is 0.768. The highest BCUT2D eigenvalue weighted by Gasteiger charge is 2.55. The van der Waals surface area contributed by atoms with Crippen molar-refractivity contribution in [1.29, 1.82) is 0 Å². The molecule has 3 fully saturated rings. The van der Waals surface area contributed by atoms with Crippen LogP contribution >= 0.6 is 0 Å². The third kappa shape index (κ3) is 3.27. The third-order valence-corrected chi connectivity index (χ3v) is 6.86. The van der Waals surface area contributed by atoms with E-state index in [-0.39, 0.29) is 30.3 Å². The van der Waals surface area contributed by atoms with Gasteiger partial charge < -0.3 is 10.6 Å². The van der Waals surface area contributed by atoms with Gasteiger partial charge in [0.1, 0.15) is 12.1 Å². The van der Waals surface area contributed by atoms with Crippen molar-refractivity contribution in [3.63, 3.8) is 0 Å². The van der Waals surface area contributed by atoms with Gasteiger partial charge in [0.25, 0.3) is 5.91 Å². The average Bonchev–Trinajstić information content (AvgIpc) is 2.80. The van der Waals surface area contributed by atoms with Crippen molar-refractivity contribution in [3.05, 3.63) is 0 Å². The summed E-state index contributed by atoms with van der Waals surface area (Å²) in [5.41, 5.74) is -0.789. The van der Waals surface area contributed by atoms with E-state index in [9.17, 15) is 14.4 Å². The van der Waals surface area contributed by atoms with E-state index in [4.69, 9.17) is 0 Å². The predicted molar refractivity (Wildman–Crippen MR) is 94.7 cm³/mol. The molecule has 1 aliphatic heterocycles. The summed E-state index contributed by atoms with van der Waals surface area (Å²) < 4.78 is 0. The molecule has 25 heavy (non-hydrogen) atoms. The van der Waals surface area contributed by atoms with Crippen LogP contribution < -0.4 is 10.6 Å². The van der Waals surface area contributed by atoms with Crippen molar-refractivity contribution in [1.82, 2.24) is 15.5 Å². The van der Waals surface area contributed by atoms with Crippen molar-refractivity contribution >= 4 is 17.8 Å². The molecule has 2 N–H and O–H groups in total. The van der Waals surface area contributed by atoms with Crippen molar-refractivity contribution in [2.24, 2.45) is 17.8 Å². The average molecular weight is 349 g/mol. The zero-order valence-electron chi connectivity index (χ0n) is 15.6. The Morgan fingerprint density at radius 2 is 1.92 bits per heavy atom.